The third-order valence-corrected chi connectivity index (χ3v) is 5.79. The van der Waals surface area contributed by atoms with Gasteiger partial charge in [-0.25, -0.2) is 8.42 Å². The molecule has 0 spiro atoms. The maximum atomic E-state index is 12.6. The van der Waals surface area contributed by atoms with Crippen LogP contribution in [0.4, 0.5) is 11.4 Å². The van der Waals surface area contributed by atoms with E-state index in [1.807, 2.05) is 44.2 Å². The fourth-order valence-corrected chi connectivity index (χ4v) is 3.89. The molecular formula is C23H24N2O4S. The van der Waals surface area contributed by atoms with Crippen molar-refractivity contribution in [2.24, 2.45) is 0 Å². The maximum Gasteiger partial charge on any atom is 0.265 e. The van der Waals surface area contributed by atoms with Gasteiger partial charge in [-0.05, 0) is 67.4 Å². The van der Waals surface area contributed by atoms with Gasteiger partial charge in [0.15, 0.2) is 6.10 Å². The molecule has 1 amide bonds. The SMILES string of the molecule is CC[C@@H](Oc1cccc(C)c1)C(=O)Nc1ccc(S(=O)(=O)Nc2ccccc2)cc1. The van der Waals surface area contributed by atoms with Gasteiger partial charge in [0, 0.05) is 11.4 Å². The van der Waals surface area contributed by atoms with Gasteiger partial charge in [-0.15, -0.1) is 0 Å². The van der Waals surface area contributed by atoms with Crippen molar-refractivity contribution < 1.29 is 17.9 Å². The lowest BCUT2D eigenvalue weighted by atomic mass is 10.2. The van der Waals surface area contributed by atoms with E-state index in [1.54, 1.807) is 36.4 Å². The average molecular weight is 425 g/mol. The summed E-state index contributed by atoms with van der Waals surface area (Å²) in [6.07, 6.45) is -0.164. The van der Waals surface area contributed by atoms with E-state index in [0.717, 1.165) is 5.56 Å². The van der Waals surface area contributed by atoms with Crippen LogP contribution in [-0.2, 0) is 14.8 Å². The number of ether oxygens (including phenoxy) is 1. The van der Waals surface area contributed by atoms with Gasteiger partial charge in [-0.1, -0.05) is 37.3 Å². The monoisotopic (exact) mass is 424 g/mol. The van der Waals surface area contributed by atoms with Gasteiger partial charge in [-0.3, -0.25) is 9.52 Å². The molecule has 1 atom stereocenters. The molecule has 3 aromatic carbocycles. The van der Waals surface area contributed by atoms with E-state index in [4.69, 9.17) is 4.74 Å². The number of aryl methyl sites for hydroxylation is 1. The van der Waals surface area contributed by atoms with Crippen molar-refractivity contribution in [3.8, 4) is 5.75 Å². The molecule has 0 saturated heterocycles. The highest BCUT2D eigenvalue weighted by Crippen LogP contribution is 2.20. The molecule has 0 unspecified atom stereocenters. The number of benzene rings is 3. The lowest BCUT2D eigenvalue weighted by Gasteiger charge is -2.17. The molecule has 7 heteroatoms. The highest BCUT2D eigenvalue weighted by atomic mass is 32.2. The summed E-state index contributed by atoms with van der Waals surface area (Å²) in [5.74, 6) is 0.336. The largest absolute Gasteiger partial charge is 0.481 e. The van der Waals surface area contributed by atoms with Gasteiger partial charge in [0.25, 0.3) is 15.9 Å². The molecule has 30 heavy (non-hydrogen) atoms. The van der Waals surface area contributed by atoms with Crippen LogP contribution in [0.3, 0.4) is 0 Å². The second kappa shape index (κ2) is 9.45. The summed E-state index contributed by atoms with van der Waals surface area (Å²) in [4.78, 5) is 12.7. The normalized spacial score (nSPS) is 12.1. The number of rotatable bonds is 8. The van der Waals surface area contributed by atoms with Crippen molar-refractivity contribution in [2.75, 3.05) is 10.0 Å². The zero-order chi connectivity index (χ0) is 21.6. The van der Waals surface area contributed by atoms with E-state index < -0.39 is 16.1 Å². The fourth-order valence-electron chi connectivity index (χ4n) is 2.84. The molecule has 0 radical (unpaired) electrons. The molecule has 0 heterocycles. The molecule has 0 fully saturated rings. The van der Waals surface area contributed by atoms with Gasteiger partial charge in [0.05, 0.1) is 4.90 Å². The quantitative estimate of drug-likeness (QED) is 0.554. The summed E-state index contributed by atoms with van der Waals surface area (Å²) in [7, 11) is -3.71. The van der Waals surface area contributed by atoms with Gasteiger partial charge < -0.3 is 10.1 Å². The molecule has 156 valence electrons. The van der Waals surface area contributed by atoms with Crippen LogP contribution in [0.5, 0.6) is 5.75 Å². The minimum atomic E-state index is -3.71. The van der Waals surface area contributed by atoms with Crippen molar-refractivity contribution in [2.45, 2.75) is 31.3 Å². The predicted molar refractivity (Wildman–Crippen MR) is 118 cm³/mol. The minimum Gasteiger partial charge on any atom is -0.481 e. The van der Waals surface area contributed by atoms with Crippen molar-refractivity contribution in [1.82, 2.24) is 0 Å². The van der Waals surface area contributed by atoms with Crippen LogP contribution in [-0.4, -0.2) is 20.4 Å². The van der Waals surface area contributed by atoms with Crippen LogP contribution < -0.4 is 14.8 Å². The van der Waals surface area contributed by atoms with Gasteiger partial charge in [0.2, 0.25) is 0 Å². The number of hydrogen-bond acceptors (Lipinski definition) is 4. The summed E-state index contributed by atoms with van der Waals surface area (Å²) >= 11 is 0. The van der Waals surface area contributed by atoms with E-state index in [2.05, 4.69) is 10.0 Å². The Morgan fingerprint density at radius 3 is 2.27 bits per heavy atom. The number of amides is 1. The molecule has 3 aromatic rings. The van der Waals surface area contributed by atoms with Crippen LogP contribution >= 0.6 is 0 Å². The number of carbonyl (C=O) groups excluding carboxylic acids is 1. The summed E-state index contributed by atoms with van der Waals surface area (Å²) in [6, 6.07) is 22.2. The van der Waals surface area contributed by atoms with Crippen LogP contribution in [0, 0.1) is 6.92 Å². The Morgan fingerprint density at radius 2 is 1.63 bits per heavy atom. The number of carbonyl (C=O) groups is 1. The Bertz CT molecular complexity index is 1100. The molecule has 6 nitrogen and oxygen atoms in total. The van der Waals surface area contributed by atoms with Crippen LogP contribution in [0.1, 0.15) is 18.9 Å². The van der Waals surface area contributed by atoms with Crippen LogP contribution in [0.25, 0.3) is 0 Å². The maximum absolute atomic E-state index is 12.6. The van der Waals surface area contributed by atoms with E-state index >= 15 is 0 Å². The first kappa shape index (κ1) is 21.4. The third kappa shape index (κ3) is 5.61. The summed E-state index contributed by atoms with van der Waals surface area (Å²) in [5, 5.41) is 2.78. The van der Waals surface area contributed by atoms with Gasteiger partial charge in [-0.2, -0.15) is 0 Å². The Kier molecular flexibility index (Phi) is 6.74. The zero-order valence-corrected chi connectivity index (χ0v) is 17.6. The van der Waals surface area contributed by atoms with Crippen LogP contribution in [0.15, 0.2) is 83.8 Å². The number of para-hydroxylation sites is 1. The van der Waals surface area contributed by atoms with Gasteiger partial charge >= 0.3 is 0 Å². The molecule has 0 bridgehead atoms. The summed E-state index contributed by atoms with van der Waals surface area (Å²) < 4.78 is 33.3. The van der Waals surface area contributed by atoms with Crippen molar-refractivity contribution >= 4 is 27.3 Å². The number of hydrogen-bond donors (Lipinski definition) is 2. The Labute approximate surface area is 177 Å². The van der Waals surface area contributed by atoms with Gasteiger partial charge in [0.1, 0.15) is 5.75 Å². The molecule has 3 rings (SSSR count). The molecule has 2 N–H and O–H groups in total. The number of anilines is 2. The second-order valence-corrected chi connectivity index (χ2v) is 8.50. The van der Waals surface area contributed by atoms with E-state index in [0.29, 0.717) is 23.5 Å². The molecular weight excluding hydrogens is 400 g/mol. The first-order valence-corrected chi connectivity index (χ1v) is 11.1. The van der Waals surface area contributed by atoms with E-state index in [1.165, 1.54) is 12.1 Å². The zero-order valence-electron chi connectivity index (χ0n) is 16.8. The predicted octanol–water partition coefficient (Wildman–Crippen LogP) is 4.59. The minimum absolute atomic E-state index is 0.104. The number of sulfonamides is 1. The standard InChI is InChI=1S/C23H24N2O4S/c1-3-22(29-20-11-7-8-17(2)16-20)23(26)24-18-12-14-21(15-13-18)30(27,28)25-19-9-5-4-6-10-19/h4-16,22,25H,3H2,1-2H3,(H,24,26)/t22-/m1/s1. The molecule has 0 saturated carbocycles. The Morgan fingerprint density at radius 1 is 0.933 bits per heavy atom. The summed E-state index contributed by atoms with van der Waals surface area (Å²) in [6.45, 7) is 3.82. The Balaban J connectivity index is 1.66. The highest BCUT2D eigenvalue weighted by molar-refractivity contribution is 7.92. The molecule has 0 aromatic heterocycles. The van der Waals surface area contributed by atoms with Crippen molar-refractivity contribution in [3.63, 3.8) is 0 Å². The average Bonchev–Trinajstić information content (AvgIpc) is 2.73. The summed E-state index contributed by atoms with van der Waals surface area (Å²) in [5.41, 5.74) is 2.02. The first-order valence-electron chi connectivity index (χ1n) is 9.59. The van der Waals surface area contributed by atoms with Crippen LogP contribution in [0.2, 0.25) is 0 Å². The third-order valence-electron chi connectivity index (χ3n) is 4.39. The topological polar surface area (TPSA) is 84.5 Å². The second-order valence-electron chi connectivity index (χ2n) is 6.82. The smallest absolute Gasteiger partial charge is 0.265 e. The lowest BCUT2D eigenvalue weighted by Crippen LogP contribution is -2.32. The molecule has 0 aliphatic heterocycles. The van der Waals surface area contributed by atoms with Crippen molar-refractivity contribution in [3.05, 3.63) is 84.4 Å². The van der Waals surface area contributed by atoms with E-state index in [9.17, 15) is 13.2 Å². The highest BCUT2D eigenvalue weighted by Gasteiger charge is 2.19. The van der Waals surface area contributed by atoms with Crippen molar-refractivity contribution in [1.29, 1.82) is 0 Å². The Hall–Kier alpha value is -3.32. The first-order chi connectivity index (χ1) is 14.4. The van der Waals surface area contributed by atoms with E-state index in [-0.39, 0.29) is 10.8 Å². The number of nitrogens with one attached hydrogen (secondary N) is 2. The molecule has 0 aliphatic rings. The fraction of sp³-hybridized carbons (Fsp3) is 0.174. The molecule has 0 aliphatic carbocycles. The lowest BCUT2D eigenvalue weighted by molar-refractivity contribution is -0.122.